The maximum Gasteiger partial charge on any atom is 0.136 e. The molecular weight excluding hydrogens is 877 g/mol. The minimum Gasteiger partial charge on any atom is -0.456 e. The minimum atomic E-state index is -0.109. The van der Waals surface area contributed by atoms with Gasteiger partial charge in [-0.15, -0.1) is 0 Å². The number of nitrogens with zero attached hydrogens (tertiary/aromatic N) is 2. The molecule has 15 rings (SSSR count). The molecule has 0 spiro atoms. The second kappa shape index (κ2) is 14.8. The summed E-state index contributed by atoms with van der Waals surface area (Å²) in [5.74, 6) is 0. The van der Waals surface area contributed by atoms with Crippen LogP contribution in [0.25, 0.3) is 87.7 Å². The first-order valence-electron chi connectivity index (χ1n) is 25.1. The van der Waals surface area contributed by atoms with Crippen molar-refractivity contribution in [1.82, 2.24) is 0 Å². The van der Waals surface area contributed by atoms with Gasteiger partial charge in [0.05, 0.1) is 11.4 Å². The third kappa shape index (κ3) is 5.75. The lowest BCUT2D eigenvalue weighted by molar-refractivity contribution is 0.660. The molecular formula is C68H48N2O2. The lowest BCUT2D eigenvalue weighted by atomic mass is 9.82. The lowest BCUT2D eigenvalue weighted by Crippen LogP contribution is -2.16. The summed E-state index contributed by atoms with van der Waals surface area (Å²) in [7, 11) is 0. The normalized spacial score (nSPS) is 14.1. The number of benzene rings is 11. The van der Waals surface area contributed by atoms with Crippen molar-refractivity contribution in [3.63, 3.8) is 0 Å². The zero-order valence-corrected chi connectivity index (χ0v) is 40.5. The Hall–Kier alpha value is -8.86. The summed E-state index contributed by atoms with van der Waals surface area (Å²) in [5.41, 5.74) is 20.5. The van der Waals surface area contributed by atoms with Crippen molar-refractivity contribution in [1.29, 1.82) is 0 Å². The molecule has 2 aliphatic carbocycles. The fourth-order valence-electron chi connectivity index (χ4n) is 12.7. The molecule has 0 atom stereocenters. The first-order valence-corrected chi connectivity index (χ1v) is 25.1. The zero-order valence-electron chi connectivity index (χ0n) is 40.5. The van der Waals surface area contributed by atoms with Gasteiger partial charge in [-0.05, 0) is 152 Å². The SMILES string of the molecule is CC1(C)c2ccccc2-c2c(N(c3ccccc3)c3ccc4cc5c(cc4c3)oc3ccc4oc6cc7cc(N(c8ccccc8)c8cccc9c8-c8ccccc8C9(C)C)ccc7cc6c4c35)cccc21. The van der Waals surface area contributed by atoms with Crippen LogP contribution in [-0.2, 0) is 10.8 Å². The first kappa shape index (κ1) is 41.0. The third-order valence-corrected chi connectivity index (χ3v) is 16.2. The summed E-state index contributed by atoms with van der Waals surface area (Å²) in [6.07, 6.45) is 0. The highest BCUT2D eigenvalue weighted by Crippen LogP contribution is 2.56. The molecule has 2 aliphatic rings. The summed E-state index contributed by atoms with van der Waals surface area (Å²) in [6, 6.07) is 79.7. The molecule has 0 unspecified atom stereocenters. The molecule has 0 amide bonds. The van der Waals surface area contributed by atoms with Gasteiger partial charge in [-0.25, -0.2) is 0 Å². The number of fused-ring (bicyclic) bond motifs is 15. The topological polar surface area (TPSA) is 32.8 Å². The number of anilines is 6. The van der Waals surface area contributed by atoms with Crippen molar-refractivity contribution in [3.8, 4) is 22.3 Å². The molecule has 0 saturated carbocycles. The Labute approximate surface area is 417 Å². The van der Waals surface area contributed by atoms with Gasteiger partial charge in [0.2, 0.25) is 0 Å². The summed E-state index contributed by atoms with van der Waals surface area (Å²) in [4.78, 5) is 4.83. The van der Waals surface area contributed by atoms with E-state index in [0.717, 1.165) is 88.2 Å². The van der Waals surface area contributed by atoms with E-state index in [2.05, 4.69) is 256 Å². The van der Waals surface area contributed by atoms with E-state index in [1.807, 2.05) is 0 Å². The van der Waals surface area contributed by atoms with Gasteiger partial charge in [-0.1, -0.05) is 149 Å². The standard InChI is InChI=1S/C68H48N2O2/c1-67(2)53-23-13-11-21-49(53)63-55(67)25-15-27-57(63)69(45-17-7-5-8-18-45)47-31-29-41-37-51-61(39-43(41)35-47)71-59-33-34-60-66(65(51)59)52-38-42-30-32-48(36-44(42)40-62(52)72-60)70(46-19-9-6-10-20-46)58-28-16-26-56-64(58)50-22-12-14-24-54(50)68(56,3)4/h5-40H,1-4H3. The molecule has 13 aromatic rings. The van der Waals surface area contributed by atoms with Crippen LogP contribution in [0.15, 0.2) is 227 Å². The fraction of sp³-hybridized carbons (Fsp3) is 0.0882. The predicted octanol–water partition coefficient (Wildman–Crippen LogP) is 19.3. The number of furan rings is 2. The molecule has 0 saturated heterocycles. The summed E-state index contributed by atoms with van der Waals surface area (Å²) in [6.45, 7) is 9.38. The fourth-order valence-corrected chi connectivity index (χ4v) is 12.7. The largest absolute Gasteiger partial charge is 0.456 e. The summed E-state index contributed by atoms with van der Waals surface area (Å²) in [5, 5.41) is 8.82. The van der Waals surface area contributed by atoms with Crippen molar-refractivity contribution in [2.75, 3.05) is 9.80 Å². The van der Waals surface area contributed by atoms with E-state index in [-0.39, 0.29) is 10.8 Å². The highest BCUT2D eigenvalue weighted by molar-refractivity contribution is 6.28. The van der Waals surface area contributed by atoms with Crippen LogP contribution in [0.1, 0.15) is 49.9 Å². The highest BCUT2D eigenvalue weighted by Gasteiger charge is 2.39. The molecule has 0 N–H and O–H groups in total. The van der Waals surface area contributed by atoms with E-state index in [9.17, 15) is 0 Å². The average molecular weight is 925 g/mol. The number of para-hydroxylation sites is 2. The summed E-state index contributed by atoms with van der Waals surface area (Å²) >= 11 is 0. The van der Waals surface area contributed by atoms with Crippen LogP contribution in [0, 0.1) is 0 Å². The van der Waals surface area contributed by atoms with Gasteiger partial charge in [-0.2, -0.15) is 0 Å². The van der Waals surface area contributed by atoms with Crippen LogP contribution in [0.2, 0.25) is 0 Å². The van der Waals surface area contributed by atoms with E-state index in [1.54, 1.807) is 0 Å². The van der Waals surface area contributed by atoms with Crippen molar-refractivity contribution in [2.45, 2.75) is 38.5 Å². The van der Waals surface area contributed by atoms with Crippen molar-refractivity contribution >= 4 is 99.5 Å². The molecule has 2 heterocycles. The van der Waals surface area contributed by atoms with Crippen LogP contribution >= 0.6 is 0 Å². The Balaban J connectivity index is 0.862. The van der Waals surface area contributed by atoms with Gasteiger partial charge in [0.1, 0.15) is 22.3 Å². The van der Waals surface area contributed by atoms with E-state index in [4.69, 9.17) is 8.83 Å². The molecule has 0 aliphatic heterocycles. The van der Waals surface area contributed by atoms with Crippen LogP contribution in [0.5, 0.6) is 0 Å². The van der Waals surface area contributed by atoms with Crippen LogP contribution in [0.4, 0.5) is 34.1 Å². The highest BCUT2D eigenvalue weighted by atomic mass is 16.3. The molecule has 2 aromatic heterocycles. The maximum absolute atomic E-state index is 6.80. The van der Waals surface area contributed by atoms with Gasteiger partial charge in [0.25, 0.3) is 0 Å². The Kier molecular flexibility index (Phi) is 8.44. The van der Waals surface area contributed by atoms with Crippen LogP contribution in [0.3, 0.4) is 0 Å². The first-order chi connectivity index (χ1) is 35.2. The maximum atomic E-state index is 6.80. The van der Waals surface area contributed by atoms with Gasteiger partial charge in [-0.3, -0.25) is 0 Å². The van der Waals surface area contributed by atoms with E-state index in [0.29, 0.717) is 0 Å². The molecule has 0 bridgehead atoms. The predicted molar refractivity (Wildman–Crippen MR) is 301 cm³/mol. The summed E-state index contributed by atoms with van der Waals surface area (Å²) < 4.78 is 13.6. The van der Waals surface area contributed by atoms with Crippen molar-refractivity contribution < 1.29 is 8.83 Å². The van der Waals surface area contributed by atoms with Gasteiger partial charge < -0.3 is 18.6 Å². The third-order valence-electron chi connectivity index (χ3n) is 16.2. The van der Waals surface area contributed by atoms with E-state index < -0.39 is 0 Å². The molecule has 72 heavy (non-hydrogen) atoms. The monoisotopic (exact) mass is 924 g/mol. The minimum absolute atomic E-state index is 0.109. The van der Waals surface area contributed by atoms with Gasteiger partial charge >= 0.3 is 0 Å². The zero-order chi connectivity index (χ0) is 48.0. The lowest BCUT2D eigenvalue weighted by Gasteiger charge is -2.29. The second-order valence-corrected chi connectivity index (χ2v) is 20.9. The van der Waals surface area contributed by atoms with Crippen LogP contribution in [-0.4, -0.2) is 0 Å². The smallest absolute Gasteiger partial charge is 0.136 e. The number of hydrogen-bond acceptors (Lipinski definition) is 4. The van der Waals surface area contributed by atoms with Crippen LogP contribution < -0.4 is 9.80 Å². The van der Waals surface area contributed by atoms with Crippen molar-refractivity contribution in [3.05, 3.63) is 241 Å². The Morgan fingerprint density at radius 3 is 1.15 bits per heavy atom. The van der Waals surface area contributed by atoms with Gasteiger partial charge in [0, 0.05) is 66.3 Å². The van der Waals surface area contributed by atoms with Crippen molar-refractivity contribution in [2.24, 2.45) is 0 Å². The van der Waals surface area contributed by atoms with Gasteiger partial charge in [0.15, 0.2) is 0 Å². The molecule has 0 fully saturated rings. The molecule has 0 radical (unpaired) electrons. The van der Waals surface area contributed by atoms with E-state index >= 15 is 0 Å². The molecule has 4 heteroatoms. The quantitative estimate of drug-likeness (QED) is 0.166. The average Bonchev–Trinajstić information content (AvgIpc) is 4.10. The Morgan fingerprint density at radius 2 is 0.708 bits per heavy atom. The second-order valence-electron chi connectivity index (χ2n) is 20.9. The number of rotatable bonds is 6. The molecule has 11 aromatic carbocycles. The molecule has 342 valence electrons. The Bertz CT molecular complexity index is 4120. The number of hydrogen-bond donors (Lipinski definition) is 0. The van der Waals surface area contributed by atoms with E-state index in [1.165, 1.54) is 55.9 Å². The Morgan fingerprint density at radius 1 is 0.306 bits per heavy atom. The molecule has 4 nitrogen and oxygen atoms in total.